The minimum Gasteiger partial charge on any atom is -0.495 e. The fraction of sp³-hybridized carbons (Fsp3) is 0.297. The molecule has 15 heteroatoms. The zero-order chi connectivity index (χ0) is 37.6. The number of nitrogens with one attached hydrogen (secondary N) is 1. The molecule has 1 saturated carbocycles. The summed E-state index contributed by atoms with van der Waals surface area (Å²) >= 11 is 19.6. The van der Waals surface area contributed by atoms with E-state index in [1.165, 1.54) is 49.3 Å². The molecule has 4 aromatic rings. The fourth-order valence-corrected chi connectivity index (χ4v) is 8.34. The number of benzene rings is 4. The minimum absolute atomic E-state index is 0.0582. The number of ether oxygens (including phenoxy) is 1. The first-order valence-electron chi connectivity index (χ1n) is 16.5. The maximum absolute atomic E-state index is 14.9. The molecule has 0 bridgehead atoms. The second-order valence-corrected chi connectivity index (χ2v) is 15.6. The lowest BCUT2D eigenvalue weighted by molar-refractivity contribution is -0.385. The molecule has 0 aliphatic heterocycles. The normalized spacial score (nSPS) is 13.7. The van der Waals surface area contributed by atoms with Crippen molar-refractivity contribution in [3.8, 4) is 5.75 Å². The van der Waals surface area contributed by atoms with Crippen molar-refractivity contribution >= 4 is 68.0 Å². The zero-order valence-electron chi connectivity index (χ0n) is 28.4. The van der Waals surface area contributed by atoms with Crippen LogP contribution in [0.5, 0.6) is 5.75 Å². The Kier molecular flexibility index (Phi) is 12.7. The number of nitro benzene ring substituents is 1. The first kappa shape index (κ1) is 38.9. The number of aryl methyl sites for hydroxylation is 1. The van der Waals surface area contributed by atoms with Crippen molar-refractivity contribution in [3.63, 3.8) is 0 Å². The summed E-state index contributed by atoms with van der Waals surface area (Å²) in [6.07, 6.45) is 3.58. The van der Waals surface area contributed by atoms with E-state index in [2.05, 4.69) is 5.32 Å². The van der Waals surface area contributed by atoms with Gasteiger partial charge in [-0.1, -0.05) is 90.1 Å². The van der Waals surface area contributed by atoms with Crippen molar-refractivity contribution in [2.45, 2.75) is 62.6 Å². The Hall–Kier alpha value is -4.36. The molecule has 274 valence electrons. The summed E-state index contributed by atoms with van der Waals surface area (Å²) in [6.45, 7) is 0.380. The van der Waals surface area contributed by atoms with Crippen LogP contribution in [0.1, 0.15) is 42.4 Å². The molecule has 4 aromatic carbocycles. The van der Waals surface area contributed by atoms with Crippen LogP contribution >= 0.6 is 34.8 Å². The molecule has 0 aromatic heterocycles. The lowest BCUT2D eigenvalue weighted by atomic mass is 10.0. The SMILES string of the molecule is COc1ccc(Cl)cc1N(CC(=O)N(Cc1c(Cl)cccc1Cl)C(Cc1ccccc1)C(=O)NC1CCCC1)S(=O)(=O)c1ccc(C)c([N+](=O)[O-])c1. The number of rotatable bonds is 14. The number of halogens is 3. The highest BCUT2D eigenvalue weighted by Gasteiger charge is 2.37. The Labute approximate surface area is 317 Å². The Morgan fingerprint density at radius 3 is 2.27 bits per heavy atom. The molecule has 52 heavy (non-hydrogen) atoms. The van der Waals surface area contributed by atoms with Crippen molar-refractivity contribution < 1.29 is 27.7 Å². The molecule has 11 nitrogen and oxygen atoms in total. The van der Waals surface area contributed by atoms with Gasteiger partial charge in [-0.15, -0.1) is 0 Å². The highest BCUT2D eigenvalue weighted by atomic mass is 35.5. The van der Waals surface area contributed by atoms with Gasteiger partial charge in [0.1, 0.15) is 18.3 Å². The summed E-state index contributed by atoms with van der Waals surface area (Å²) in [5.41, 5.74) is 0.829. The van der Waals surface area contributed by atoms with Crippen LogP contribution in [0.2, 0.25) is 15.1 Å². The van der Waals surface area contributed by atoms with Crippen LogP contribution in [0.15, 0.2) is 89.8 Å². The second-order valence-electron chi connectivity index (χ2n) is 12.5. The van der Waals surface area contributed by atoms with Crippen LogP contribution in [0.4, 0.5) is 11.4 Å². The lowest BCUT2D eigenvalue weighted by Gasteiger charge is -2.35. The van der Waals surface area contributed by atoms with Gasteiger partial charge in [-0.2, -0.15) is 0 Å². The van der Waals surface area contributed by atoms with Gasteiger partial charge >= 0.3 is 0 Å². The topological polar surface area (TPSA) is 139 Å². The van der Waals surface area contributed by atoms with E-state index in [1.54, 1.807) is 18.2 Å². The average molecular weight is 788 g/mol. The van der Waals surface area contributed by atoms with Crippen LogP contribution in [0, 0.1) is 17.0 Å². The molecule has 0 saturated heterocycles. The van der Waals surface area contributed by atoms with Crippen LogP contribution in [0.25, 0.3) is 0 Å². The largest absolute Gasteiger partial charge is 0.495 e. The number of anilines is 1. The summed E-state index contributed by atoms with van der Waals surface area (Å²) in [7, 11) is -3.40. The molecule has 1 atom stereocenters. The predicted octanol–water partition coefficient (Wildman–Crippen LogP) is 7.77. The van der Waals surface area contributed by atoms with E-state index in [0.29, 0.717) is 5.56 Å². The van der Waals surface area contributed by atoms with Crippen LogP contribution in [-0.4, -0.2) is 55.8 Å². The minimum atomic E-state index is -4.73. The number of methoxy groups -OCH3 is 1. The van der Waals surface area contributed by atoms with E-state index in [9.17, 15) is 28.1 Å². The van der Waals surface area contributed by atoms with E-state index >= 15 is 0 Å². The molecule has 0 radical (unpaired) electrons. The number of hydrogen-bond donors (Lipinski definition) is 1. The number of hydrogen-bond acceptors (Lipinski definition) is 7. The number of carbonyl (C=O) groups excluding carboxylic acids is 2. The number of carbonyl (C=O) groups is 2. The summed E-state index contributed by atoms with van der Waals surface area (Å²) < 4.78 is 35.4. The Morgan fingerprint density at radius 1 is 0.962 bits per heavy atom. The third-order valence-corrected chi connectivity index (χ3v) is 11.7. The molecular weight excluding hydrogens is 751 g/mol. The van der Waals surface area contributed by atoms with E-state index < -0.39 is 49.9 Å². The molecule has 5 rings (SSSR count). The molecule has 1 N–H and O–H groups in total. The Morgan fingerprint density at radius 2 is 1.63 bits per heavy atom. The van der Waals surface area contributed by atoms with Gasteiger partial charge < -0.3 is 15.0 Å². The molecule has 0 heterocycles. The smallest absolute Gasteiger partial charge is 0.273 e. The second kappa shape index (κ2) is 17.0. The summed E-state index contributed by atoms with van der Waals surface area (Å²) in [5, 5.41) is 15.6. The van der Waals surface area contributed by atoms with Crippen molar-refractivity contribution in [3.05, 3.63) is 127 Å². The van der Waals surface area contributed by atoms with Crippen molar-refractivity contribution in [2.75, 3.05) is 18.0 Å². The van der Waals surface area contributed by atoms with Gasteiger partial charge in [0.25, 0.3) is 15.7 Å². The molecule has 1 unspecified atom stereocenters. The molecule has 0 spiro atoms. The van der Waals surface area contributed by atoms with E-state index in [-0.39, 0.29) is 51.1 Å². The van der Waals surface area contributed by atoms with Crippen LogP contribution in [0.3, 0.4) is 0 Å². The van der Waals surface area contributed by atoms with Crippen molar-refractivity contribution in [1.82, 2.24) is 10.2 Å². The van der Waals surface area contributed by atoms with Crippen LogP contribution < -0.4 is 14.4 Å². The van der Waals surface area contributed by atoms with Gasteiger partial charge in [-0.25, -0.2) is 8.42 Å². The molecule has 1 aliphatic rings. The number of nitrogens with zero attached hydrogens (tertiary/aromatic N) is 3. The summed E-state index contributed by atoms with van der Waals surface area (Å²) in [5.74, 6) is -1.15. The zero-order valence-corrected chi connectivity index (χ0v) is 31.5. The quantitative estimate of drug-likeness (QED) is 0.102. The lowest BCUT2D eigenvalue weighted by Crippen LogP contribution is -2.54. The predicted molar refractivity (Wildman–Crippen MR) is 202 cm³/mol. The van der Waals surface area contributed by atoms with E-state index in [0.717, 1.165) is 41.6 Å². The van der Waals surface area contributed by atoms with Gasteiger partial charge in [-0.05, 0) is 61.7 Å². The highest BCUT2D eigenvalue weighted by molar-refractivity contribution is 7.92. The average Bonchev–Trinajstić information content (AvgIpc) is 3.63. The third-order valence-electron chi connectivity index (χ3n) is 9.02. The number of amides is 2. The third kappa shape index (κ3) is 8.98. The Bertz CT molecular complexity index is 2040. The molecular formula is C37H37Cl3N4O7S. The summed E-state index contributed by atoms with van der Waals surface area (Å²) in [6, 6.07) is 20.5. The highest BCUT2D eigenvalue weighted by Crippen LogP contribution is 2.36. The van der Waals surface area contributed by atoms with Gasteiger partial charge in [-0.3, -0.25) is 24.0 Å². The van der Waals surface area contributed by atoms with E-state index in [1.807, 2.05) is 30.3 Å². The first-order valence-corrected chi connectivity index (χ1v) is 19.1. The maximum Gasteiger partial charge on any atom is 0.273 e. The molecule has 1 aliphatic carbocycles. The monoisotopic (exact) mass is 786 g/mol. The number of sulfonamides is 1. The van der Waals surface area contributed by atoms with Gasteiger partial charge in [0.15, 0.2) is 0 Å². The van der Waals surface area contributed by atoms with Gasteiger partial charge in [0.2, 0.25) is 11.8 Å². The fourth-order valence-electron chi connectivity index (χ4n) is 6.22. The molecule has 1 fully saturated rings. The van der Waals surface area contributed by atoms with Gasteiger partial charge in [0.05, 0.1) is 22.6 Å². The van der Waals surface area contributed by atoms with Crippen LogP contribution in [-0.2, 0) is 32.6 Å². The van der Waals surface area contributed by atoms with Crippen molar-refractivity contribution in [2.24, 2.45) is 0 Å². The first-order chi connectivity index (χ1) is 24.8. The molecule has 2 amide bonds. The van der Waals surface area contributed by atoms with E-state index in [4.69, 9.17) is 39.5 Å². The Balaban J connectivity index is 1.66. The van der Waals surface area contributed by atoms with Crippen molar-refractivity contribution in [1.29, 1.82) is 0 Å². The maximum atomic E-state index is 14.9. The number of nitro groups is 1. The standard InChI is InChI=1S/C37H37Cl3N4O7S/c1-24-15-17-28(21-32(24)44(47)48)52(49,50)43(33-20-26(38)16-18-35(33)51-2)23-36(45)42(22-29-30(39)13-8-14-31(29)40)34(19-25-9-4-3-5-10-25)37(46)41-27-11-6-7-12-27/h3-5,8-10,13-18,20-21,27,34H,6-7,11-12,19,22-23H2,1-2H3,(H,41,46). The summed E-state index contributed by atoms with van der Waals surface area (Å²) in [4.78, 5) is 41.1. The van der Waals surface area contributed by atoms with Gasteiger partial charge in [0, 0.05) is 51.3 Å².